The van der Waals surface area contributed by atoms with Gasteiger partial charge in [-0.05, 0) is 32.2 Å². The predicted octanol–water partition coefficient (Wildman–Crippen LogP) is 2.39. The molecule has 1 nitrogen and oxygen atoms in total. The fourth-order valence-corrected chi connectivity index (χ4v) is 1.58. The monoisotopic (exact) mass is 171 g/mol. The van der Waals surface area contributed by atoms with E-state index in [1.165, 1.54) is 6.42 Å². The van der Waals surface area contributed by atoms with Crippen molar-refractivity contribution in [3.63, 3.8) is 0 Å². The summed E-state index contributed by atoms with van der Waals surface area (Å²) < 4.78 is 12.7. The molecule has 0 unspecified atom stereocenters. The molecule has 0 amide bonds. The Labute approximate surface area is 74.3 Å². The van der Waals surface area contributed by atoms with E-state index in [0.717, 1.165) is 38.9 Å². The Balaban J connectivity index is 2.05. The van der Waals surface area contributed by atoms with Crippen molar-refractivity contribution >= 4 is 0 Å². The lowest BCUT2D eigenvalue weighted by Crippen LogP contribution is -2.34. The van der Waals surface area contributed by atoms with Crippen LogP contribution in [0.1, 0.15) is 25.7 Å². The summed E-state index contributed by atoms with van der Waals surface area (Å²) in [6.45, 7) is 6.67. The molecule has 2 heteroatoms. The molecule has 1 heterocycles. The van der Waals surface area contributed by atoms with Gasteiger partial charge in [-0.1, -0.05) is 6.08 Å². The van der Waals surface area contributed by atoms with Gasteiger partial charge in [0, 0.05) is 13.1 Å². The number of rotatable bonds is 4. The average Bonchev–Trinajstić information content (AvgIpc) is 2.09. The van der Waals surface area contributed by atoms with E-state index < -0.39 is 6.17 Å². The van der Waals surface area contributed by atoms with Crippen molar-refractivity contribution in [2.45, 2.75) is 31.9 Å². The maximum absolute atomic E-state index is 12.7. The van der Waals surface area contributed by atoms with Crippen molar-refractivity contribution < 1.29 is 4.39 Å². The molecule has 0 aliphatic carbocycles. The summed E-state index contributed by atoms with van der Waals surface area (Å²) in [6, 6.07) is 0. The Morgan fingerprint density at radius 3 is 2.67 bits per heavy atom. The summed E-state index contributed by atoms with van der Waals surface area (Å²) in [7, 11) is 0. The van der Waals surface area contributed by atoms with E-state index in [9.17, 15) is 4.39 Å². The van der Waals surface area contributed by atoms with Gasteiger partial charge in [-0.3, -0.25) is 0 Å². The minimum Gasteiger partial charge on any atom is -0.303 e. The van der Waals surface area contributed by atoms with Gasteiger partial charge in [0.05, 0.1) is 0 Å². The zero-order chi connectivity index (χ0) is 8.81. The maximum Gasteiger partial charge on any atom is 0.103 e. The van der Waals surface area contributed by atoms with Crippen LogP contribution in [-0.2, 0) is 0 Å². The van der Waals surface area contributed by atoms with Crippen molar-refractivity contribution in [3.05, 3.63) is 12.7 Å². The lowest BCUT2D eigenvalue weighted by atomic mass is 10.1. The van der Waals surface area contributed by atoms with Crippen LogP contribution in [-0.4, -0.2) is 30.7 Å². The van der Waals surface area contributed by atoms with Gasteiger partial charge in [0.15, 0.2) is 0 Å². The van der Waals surface area contributed by atoms with Crippen molar-refractivity contribution in [1.82, 2.24) is 4.90 Å². The number of alkyl halides is 1. The van der Waals surface area contributed by atoms with Crippen molar-refractivity contribution in [3.8, 4) is 0 Å². The first-order chi connectivity index (χ1) is 5.83. The molecule has 70 valence electrons. The first-order valence-electron chi connectivity index (χ1n) is 4.80. The van der Waals surface area contributed by atoms with Gasteiger partial charge in [0.2, 0.25) is 0 Å². The molecule has 0 N–H and O–H groups in total. The van der Waals surface area contributed by atoms with Crippen molar-refractivity contribution in [2.24, 2.45) is 0 Å². The number of nitrogens with zero attached hydrogens (tertiary/aromatic N) is 1. The molecule has 1 aliphatic rings. The number of piperidine rings is 1. The summed E-state index contributed by atoms with van der Waals surface area (Å²) in [5, 5.41) is 0. The van der Waals surface area contributed by atoms with E-state index in [2.05, 4.69) is 11.5 Å². The van der Waals surface area contributed by atoms with Crippen LogP contribution in [0.15, 0.2) is 12.7 Å². The smallest absolute Gasteiger partial charge is 0.103 e. The minimum absolute atomic E-state index is 0.541. The van der Waals surface area contributed by atoms with Crippen LogP contribution in [0.4, 0.5) is 4.39 Å². The van der Waals surface area contributed by atoms with E-state index in [1.54, 1.807) is 0 Å². The van der Waals surface area contributed by atoms with E-state index >= 15 is 0 Å². The van der Waals surface area contributed by atoms with Gasteiger partial charge >= 0.3 is 0 Å². The fraction of sp³-hybridized carbons (Fsp3) is 0.800. The lowest BCUT2D eigenvalue weighted by Gasteiger charge is -2.28. The molecule has 0 bridgehead atoms. The molecule has 0 radical (unpaired) electrons. The summed E-state index contributed by atoms with van der Waals surface area (Å²) in [4.78, 5) is 2.35. The van der Waals surface area contributed by atoms with Gasteiger partial charge in [-0.25, -0.2) is 4.39 Å². The highest BCUT2D eigenvalue weighted by Gasteiger charge is 2.16. The summed E-state index contributed by atoms with van der Waals surface area (Å²) in [5.41, 5.74) is 0. The van der Waals surface area contributed by atoms with E-state index in [1.807, 2.05) is 6.08 Å². The Kier molecular flexibility index (Phi) is 4.30. The Morgan fingerprint density at radius 1 is 1.42 bits per heavy atom. The van der Waals surface area contributed by atoms with Crippen molar-refractivity contribution in [1.29, 1.82) is 0 Å². The second-order valence-electron chi connectivity index (χ2n) is 3.45. The molecule has 0 aromatic carbocycles. The van der Waals surface area contributed by atoms with Crippen LogP contribution in [0.25, 0.3) is 0 Å². The van der Waals surface area contributed by atoms with Gasteiger partial charge < -0.3 is 4.90 Å². The third kappa shape index (κ3) is 3.35. The molecule has 0 aromatic heterocycles. The Bertz CT molecular complexity index is 128. The quantitative estimate of drug-likeness (QED) is 0.463. The van der Waals surface area contributed by atoms with Crippen LogP contribution < -0.4 is 0 Å². The molecule has 1 fully saturated rings. The zero-order valence-corrected chi connectivity index (χ0v) is 7.64. The minimum atomic E-state index is -0.541. The number of likely N-dealkylation sites (tertiary alicyclic amines) is 1. The normalized spacial score (nSPS) is 21.1. The molecular formula is C10H18FN. The highest BCUT2D eigenvalue weighted by atomic mass is 19.1. The van der Waals surface area contributed by atoms with Crippen LogP contribution in [0.3, 0.4) is 0 Å². The number of allylic oxidation sites excluding steroid dienone is 1. The molecule has 0 saturated carbocycles. The first-order valence-corrected chi connectivity index (χ1v) is 4.80. The Morgan fingerprint density at radius 2 is 2.08 bits per heavy atom. The molecule has 0 aromatic rings. The second kappa shape index (κ2) is 5.31. The SMILES string of the molecule is C=CCCCN1CCC(F)CC1. The van der Waals surface area contributed by atoms with Gasteiger partial charge in [0.25, 0.3) is 0 Å². The molecule has 12 heavy (non-hydrogen) atoms. The summed E-state index contributed by atoms with van der Waals surface area (Å²) in [5.74, 6) is 0. The van der Waals surface area contributed by atoms with Gasteiger partial charge in [0.1, 0.15) is 6.17 Å². The fourth-order valence-electron chi connectivity index (χ4n) is 1.58. The molecule has 1 aliphatic heterocycles. The molecule has 0 atom stereocenters. The maximum atomic E-state index is 12.7. The lowest BCUT2D eigenvalue weighted by molar-refractivity contribution is 0.150. The van der Waals surface area contributed by atoms with Crippen LogP contribution >= 0.6 is 0 Å². The molecule has 1 saturated heterocycles. The third-order valence-electron chi connectivity index (χ3n) is 2.40. The molecule has 0 spiro atoms. The standard InChI is InChI=1S/C10H18FN/c1-2-3-4-7-12-8-5-10(11)6-9-12/h2,10H,1,3-9H2. The largest absolute Gasteiger partial charge is 0.303 e. The van der Waals surface area contributed by atoms with Crippen molar-refractivity contribution in [2.75, 3.05) is 19.6 Å². The zero-order valence-electron chi connectivity index (χ0n) is 7.64. The topological polar surface area (TPSA) is 3.24 Å². The van der Waals surface area contributed by atoms with E-state index in [-0.39, 0.29) is 0 Å². The van der Waals surface area contributed by atoms with E-state index in [0.29, 0.717) is 0 Å². The number of hydrogen-bond donors (Lipinski definition) is 0. The average molecular weight is 171 g/mol. The first kappa shape index (κ1) is 9.72. The Hall–Kier alpha value is -0.370. The summed E-state index contributed by atoms with van der Waals surface area (Å²) >= 11 is 0. The summed E-state index contributed by atoms with van der Waals surface area (Å²) in [6.07, 6.45) is 5.11. The van der Waals surface area contributed by atoms with Crippen LogP contribution in [0.5, 0.6) is 0 Å². The number of hydrogen-bond acceptors (Lipinski definition) is 1. The van der Waals surface area contributed by atoms with Crippen LogP contribution in [0, 0.1) is 0 Å². The third-order valence-corrected chi connectivity index (χ3v) is 2.40. The molecular weight excluding hydrogens is 153 g/mol. The number of halogens is 1. The number of unbranched alkanes of at least 4 members (excludes halogenated alkanes) is 1. The predicted molar refractivity (Wildman–Crippen MR) is 50.0 cm³/mol. The molecule has 1 rings (SSSR count). The van der Waals surface area contributed by atoms with Gasteiger partial charge in [-0.15, -0.1) is 6.58 Å². The van der Waals surface area contributed by atoms with Crippen LogP contribution in [0.2, 0.25) is 0 Å². The van der Waals surface area contributed by atoms with Gasteiger partial charge in [-0.2, -0.15) is 0 Å². The second-order valence-corrected chi connectivity index (χ2v) is 3.45. The van der Waals surface area contributed by atoms with E-state index in [4.69, 9.17) is 0 Å². The highest BCUT2D eigenvalue weighted by molar-refractivity contribution is 4.73. The highest BCUT2D eigenvalue weighted by Crippen LogP contribution is 2.13.